The van der Waals surface area contributed by atoms with E-state index in [1.54, 1.807) is 24.3 Å². The van der Waals surface area contributed by atoms with E-state index in [1.807, 2.05) is 61.5 Å². The van der Waals surface area contributed by atoms with Crippen molar-refractivity contribution in [1.82, 2.24) is 4.90 Å². The van der Waals surface area contributed by atoms with Crippen molar-refractivity contribution in [1.29, 1.82) is 0 Å². The second kappa shape index (κ2) is 7.80. The lowest BCUT2D eigenvalue weighted by molar-refractivity contribution is 0.0958. The van der Waals surface area contributed by atoms with Gasteiger partial charge in [-0.15, -0.1) is 0 Å². The molecular formula is C21H21N3O2. The fourth-order valence-corrected chi connectivity index (χ4v) is 2.74. The fourth-order valence-electron chi connectivity index (χ4n) is 2.74. The second-order valence-corrected chi connectivity index (χ2v) is 6.34. The SMILES string of the molecule is CN(C)CC(=O)c1ccc(NC(=O)Nc2cccc3ccccc23)cc1. The van der Waals surface area contributed by atoms with E-state index in [0.717, 1.165) is 16.5 Å². The van der Waals surface area contributed by atoms with Crippen molar-refractivity contribution in [3.8, 4) is 0 Å². The number of nitrogens with one attached hydrogen (secondary N) is 2. The van der Waals surface area contributed by atoms with Crippen molar-refractivity contribution in [2.75, 3.05) is 31.3 Å². The average Bonchev–Trinajstić information content (AvgIpc) is 2.62. The molecule has 0 aliphatic heterocycles. The van der Waals surface area contributed by atoms with Crippen molar-refractivity contribution in [2.24, 2.45) is 0 Å². The largest absolute Gasteiger partial charge is 0.323 e. The quantitative estimate of drug-likeness (QED) is 0.679. The summed E-state index contributed by atoms with van der Waals surface area (Å²) in [7, 11) is 3.71. The van der Waals surface area contributed by atoms with Gasteiger partial charge in [-0.2, -0.15) is 0 Å². The Morgan fingerprint density at radius 1 is 0.846 bits per heavy atom. The molecule has 0 aliphatic rings. The summed E-state index contributed by atoms with van der Waals surface area (Å²) >= 11 is 0. The molecule has 0 aliphatic carbocycles. The van der Waals surface area contributed by atoms with Gasteiger partial charge in [-0.1, -0.05) is 36.4 Å². The molecule has 0 spiro atoms. The summed E-state index contributed by atoms with van der Waals surface area (Å²) < 4.78 is 0. The molecule has 5 nitrogen and oxygen atoms in total. The highest BCUT2D eigenvalue weighted by atomic mass is 16.2. The number of anilines is 2. The van der Waals surface area contributed by atoms with Crippen LogP contribution in [-0.2, 0) is 0 Å². The smallest absolute Gasteiger partial charge is 0.308 e. The lowest BCUT2D eigenvalue weighted by Gasteiger charge is -2.11. The van der Waals surface area contributed by atoms with Crippen LogP contribution in [-0.4, -0.2) is 37.4 Å². The van der Waals surface area contributed by atoms with E-state index in [-0.39, 0.29) is 11.8 Å². The van der Waals surface area contributed by atoms with Gasteiger partial charge in [0, 0.05) is 16.6 Å². The molecule has 26 heavy (non-hydrogen) atoms. The van der Waals surface area contributed by atoms with E-state index < -0.39 is 0 Å². The van der Waals surface area contributed by atoms with Crippen molar-refractivity contribution in [3.63, 3.8) is 0 Å². The number of nitrogens with zero attached hydrogens (tertiary/aromatic N) is 1. The molecule has 0 atom stereocenters. The lowest BCUT2D eigenvalue weighted by Crippen LogP contribution is -2.22. The van der Waals surface area contributed by atoms with Gasteiger partial charge in [-0.05, 0) is 49.8 Å². The van der Waals surface area contributed by atoms with E-state index >= 15 is 0 Å². The first kappa shape index (κ1) is 17.6. The van der Waals surface area contributed by atoms with Crippen LogP contribution in [0.4, 0.5) is 16.2 Å². The summed E-state index contributed by atoms with van der Waals surface area (Å²) in [5, 5.41) is 7.71. The third-order valence-corrected chi connectivity index (χ3v) is 3.96. The maximum Gasteiger partial charge on any atom is 0.323 e. The average molecular weight is 347 g/mol. The van der Waals surface area contributed by atoms with Gasteiger partial charge in [0.2, 0.25) is 0 Å². The van der Waals surface area contributed by atoms with Crippen molar-refractivity contribution in [2.45, 2.75) is 0 Å². The number of carbonyl (C=O) groups excluding carboxylic acids is 2. The Morgan fingerprint density at radius 3 is 2.27 bits per heavy atom. The van der Waals surface area contributed by atoms with E-state index in [1.165, 1.54) is 0 Å². The van der Waals surface area contributed by atoms with Crippen LogP contribution in [0.15, 0.2) is 66.7 Å². The number of hydrogen-bond donors (Lipinski definition) is 2. The first-order valence-electron chi connectivity index (χ1n) is 8.37. The predicted molar refractivity (Wildman–Crippen MR) is 106 cm³/mol. The summed E-state index contributed by atoms with van der Waals surface area (Å²) in [6.07, 6.45) is 0. The van der Waals surface area contributed by atoms with Crippen LogP contribution in [0.2, 0.25) is 0 Å². The summed E-state index contributed by atoms with van der Waals surface area (Å²) in [6.45, 7) is 0.355. The van der Waals surface area contributed by atoms with Crippen molar-refractivity contribution >= 4 is 34.0 Å². The van der Waals surface area contributed by atoms with Crippen molar-refractivity contribution in [3.05, 3.63) is 72.3 Å². The number of ketones is 1. The third-order valence-electron chi connectivity index (χ3n) is 3.96. The number of Topliss-reactive ketones (excluding diaryl/α,β-unsaturated/α-hetero) is 1. The van der Waals surface area contributed by atoms with Gasteiger partial charge in [0.05, 0.1) is 12.2 Å². The maximum atomic E-state index is 12.3. The summed E-state index contributed by atoms with van der Waals surface area (Å²) in [4.78, 5) is 26.1. The normalized spacial score (nSPS) is 10.7. The Hall–Kier alpha value is -3.18. The summed E-state index contributed by atoms with van der Waals surface area (Å²) in [5.41, 5.74) is 2.00. The molecule has 0 aromatic heterocycles. The molecule has 0 saturated heterocycles. The van der Waals surface area contributed by atoms with Crippen LogP contribution >= 0.6 is 0 Å². The molecule has 0 heterocycles. The Labute approximate surface area is 152 Å². The minimum atomic E-state index is -0.325. The summed E-state index contributed by atoms with van der Waals surface area (Å²) in [5.74, 6) is 0.0433. The number of amides is 2. The number of likely N-dealkylation sites (N-methyl/N-ethyl adjacent to an activating group) is 1. The molecule has 2 N–H and O–H groups in total. The number of benzene rings is 3. The van der Waals surface area contributed by atoms with E-state index in [0.29, 0.717) is 17.8 Å². The molecule has 3 aromatic rings. The van der Waals surface area contributed by atoms with E-state index in [2.05, 4.69) is 10.6 Å². The van der Waals surface area contributed by atoms with Gasteiger partial charge < -0.3 is 15.5 Å². The van der Waals surface area contributed by atoms with Crippen LogP contribution in [0.1, 0.15) is 10.4 Å². The van der Waals surface area contributed by atoms with E-state index in [4.69, 9.17) is 0 Å². The molecular weight excluding hydrogens is 326 g/mol. The fraction of sp³-hybridized carbons (Fsp3) is 0.143. The zero-order chi connectivity index (χ0) is 18.5. The van der Waals surface area contributed by atoms with Crippen LogP contribution < -0.4 is 10.6 Å². The Bertz CT molecular complexity index is 928. The van der Waals surface area contributed by atoms with Gasteiger partial charge in [-0.25, -0.2) is 4.79 Å². The first-order chi connectivity index (χ1) is 12.5. The van der Waals surface area contributed by atoms with Gasteiger partial charge in [-0.3, -0.25) is 4.79 Å². The monoisotopic (exact) mass is 347 g/mol. The number of fused-ring (bicyclic) bond motifs is 1. The zero-order valence-electron chi connectivity index (χ0n) is 14.8. The highest BCUT2D eigenvalue weighted by molar-refractivity contribution is 6.06. The van der Waals surface area contributed by atoms with Crippen LogP contribution in [0, 0.1) is 0 Å². The Balaban J connectivity index is 1.67. The van der Waals surface area contributed by atoms with Gasteiger partial charge in [0.25, 0.3) is 0 Å². The van der Waals surface area contributed by atoms with Crippen LogP contribution in [0.25, 0.3) is 10.8 Å². The standard InChI is InChI=1S/C21H21N3O2/c1-24(2)14-20(25)16-10-12-17(13-11-16)22-21(26)23-19-9-5-7-15-6-3-4-8-18(15)19/h3-13H,14H2,1-2H3,(H2,22,23,26). The lowest BCUT2D eigenvalue weighted by atomic mass is 10.1. The molecule has 0 saturated carbocycles. The highest BCUT2D eigenvalue weighted by Gasteiger charge is 2.09. The molecule has 5 heteroatoms. The van der Waals surface area contributed by atoms with Gasteiger partial charge in [0.1, 0.15) is 0 Å². The zero-order valence-corrected chi connectivity index (χ0v) is 14.8. The maximum absolute atomic E-state index is 12.3. The molecule has 0 unspecified atom stereocenters. The van der Waals surface area contributed by atoms with Crippen LogP contribution in [0.5, 0.6) is 0 Å². The molecule has 3 aromatic carbocycles. The number of hydrogen-bond acceptors (Lipinski definition) is 3. The van der Waals surface area contributed by atoms with Gasteiger partial charge >= 0.3 is 6.03 Å². The molecule has 0 bridgehead atoms. The van der Waals surface area contributed by atoms with Crippen LogP contribution in [0.3, 0.4) is 0 Å². The highest BCUT2D eigenvalue weighted by Crippen LogP contribution is 2.23. The molecule has 2 amide bonds. The Kier molecular flexibility index (Phi) is 5.29. The topological polar surface area (TPSA) is 61.4 Å². The number of rotatable bonds is 5. The van der Waals surface area contributed by atoms with Gasteiger partial charge in [0.15, 0.2) is 5.78 Å². The predicted octanol–water partition coefficient (Wildman–Crippen LogP) is 4.23. The second-order valence-electron chi connectivity index (χ2n) is 6.34. The first-order valence-corrected chi connectivity index (χ1v) is 8.37. The minimum absolute atomic E-state index is 0.0433. The van der Waals surface area contributed by atoms with E-state index in [9.17, 15) is 9.59 Å². The third kappa shape index (κ3) is 4.26. The number of urea groups is 1. The molecule has 132 valence electrons. The molecule has 0 fully saturated rings. The molecule has 3 rings (SSSR count). The summed E-state index contributed by atoms with van der Waals surface area (Å²) in [6, 6.07) is 20.2. The minimum Gasteiger partial charge on any atom is -0.308 e. The number of carbonyl (C=O) groups is 2. The molecule has 0 radical (unpaired) electrons. The Morgan fingerprint density at radius 2 is 1.54 bits per heavy atom. The van der Waals surface area contributed by atoms with Crippen molar-refractivity contribution < 1.29 is 9.59 Å².